The molecule has 0 saturated heterocycles. The lowest BCUT2D eigenvalue weighted by Gasteiger charge is -2.01. The maximum Gasteiger partial charge on any atom is 0.0994 e. The molecule has 1 atom stereocenters. The molecule has 0 aliphatic heterocycles. The molecule has 0 aliphatic carbocycles. The molecule has 0 saturated carbocycles. The van der Waals surface area contributed by atoms with E-state index in [1.165, 1.54) is 0 Å². The number of thiophene rings is 1. The second-order valence-corrected chi connectivity index (χ2v) is 5.36. The van der Waals surface area contributed by atoms with Crippen LogP contribution >= 0.6 is 22.9 Å². The average Bonchev–Trinajstić information content (AvgIpc) is 2.87. The van der Waals surface area contributed by atoms with Crippen molar-refractivity contribution in [3.8, 4) is 0 Å². The minimum absolute atomic E-state index is 0.0272. The number of hydrogen-bond donors (Lipinski definition) is 1. The second kappa shape index (κ2) is 4.95. The van der Waals surface area contributed by atoms with Crippen molar-refractivity contribution in [1.82, 2.24) is 15.0 Å². The normalized spacial score (nSPS) is 12.9. The molecule has 0 aliphatic rings. The van der Waals surface area contributed by atoms with Crippen molar-refractivity contribution in [2.24, 2.45) is 5.73 Å². The van der Waals surface area contributed by atoms with Crippen molar-refractivity contribution in [2.45, 2.75) is 25.9 Å². The fourth-order valence-electron chi connectivity index (χ4n) is 1.37. The Morgan fingerprint density at radius 1 is 1.56 bits per heavy atom. The van der Waals surface area contributed by atoms with Gasteiger partial charge in [-0.25, -0.2) is 4.68 Å². The van der Waals surface area contributed by atoms with Gasteiger partial charge in [0.2, 0.25) is 0 Å². The van der Waals surface area contributed by atoms with Crippen LogP contribution in [0.1, 0.15) is 30.0 Å². The molecule has 0 radical (unpaired) electrons. The van der Waals surface area contributed by atoms with E-state index in [2.05, 4.69) is 10.3 Å². The van der Waals surface area contributed by atoms with Crippen LogP contribution in [0.15, 0.2) is 18.3 Å². The highest BCUT2D eigenvalue weighted by atomic mass is 35.5. The van der Waals surface area contributed by atoms with E-state index >= 15 is 0 Å². The van der Waals surface area contributed by atoms with E-state index in [0.29, 0.717) is 6.54 Å². The van der Waals surface area contributed by atoms with Crippen LogP contribution in [0.4, 0.5) is 0 Å². The molecule has 2 aromatic rings. The van der Waals surface area contributed by atoms with Gasteiger partial charge < -0.3 is 5.73 Å². The topological polar surface area (TPSA) is 56.7 Å². The van der Waals surface area contributed by atoms with Crippen LogP contribution in [0.5, 0.6) is 0 Å². The first-order valence-electron chi connectivity index (χ1n) is 5.09. The Morgan fingerprint density at radius 2 is 2.38 bits per heavy atom. The van der Waals surface area contributed by atoms with Gasteiger partial charge in [0, 0.05) is 4.88 Å². The lowest BCUT2D eigenvalue weighted by molar-refractivity contribution is 0.649. The van der Waals surface area contributed by atoms with Gasteiger partial charge in [-0.05, 0) is 18.6 Å². The van der Waals surface area contributed by atoms with Gasteiger partial charge in [-0.3, -0.25) is 0 Å². The van der Waals surface area contributed by atoms with Gasteiger partial charge in [-0.15, -0.1) is 16.4 Å². The SMILES string of the molecule is CCC(N)c1cn(Cc2ccc(Cl)s2)nn1. The summed E-state index contributed by atoms with van der Waals surface area (Å²) in [5, 5.41) is 8.09. The summed E-state index contributed by atoms with van der Waals surface area (Å²) in [7, 11) is 0. The monoisotopic (exact) mass is 256 g/mol. The van der Waals surface area contributed by atoms with E-state index in [4.69, 9.17) is 17.3 Å². The number of rotatable bonds is 4. The number of aromatic nitrogens is 3. The molecular weight excluding hydrogens is 244 g/mol. The first kappa shape index (κ1) is 11.6. The number of halogens is 1. The predicted molar refractivity (Wildman–Crippen MR) is 65.7 cm³/mol. The molecule has 4 nitrogen and oxygen atoms in total. The largest absolute Gasteiger partial charge is 0.323 e. The van der Waals surface area contributed by atoms with Gasteiger partial charge in [0.15, 0.2) is 0 Å². The summed E-state index contributed by atoms with van der Waals surface area (Å²) in [6.45, 7) is 2.73. The zero-order valence-corrected chi connectivity index (χ0v) is 10.5. The van der Waals surface area contributed by atoms with Crippen molar-refractivity contribution in [1.29, 1.82) is 0 Å². The van der Waals surface area contributed by atoms with E-state index in [9.17, 15) is 0 Å². The lowest BCUT2D eigenvalue weighted by Crippen LogP contribution is -2.08. The third kappa shape index (κ3) is 2.61. The summed E-state index contributed by atoms with van der Waals surface area (Å²) in [5.74, 6) is 0. The number of nitrogens with two attached hydrogens (primary N) is 1. The van der Waals surface area contributed by atoms with Crippen LogP contribution in [0.3, 0.4) is 0 Å². The van der Waals surface area contributed by atoms with Gasteiger partial charge in [-0.1, -0.05) is 23.7 Å². The second-order valence-electron chi connectivity index (χ2n) is 3.56. The molecule has 0 bridgehead atoms. The van der Waals surface area contributed by atoms with Gasteiger partial charge in [-0.2, -0.15) is 0 Å². The van der Waals surface area contributed by atoms with E-state index < -0.39 is 0 Å². The summed E-state index contributed by atoms with van der Waals surface area (Å²) in [5.41, 5.74) is 6.71. The van der Waals surface area contributed by atoms with Crippen LogP contribution in [0.25, 0.3) is 0 Å². The molecule has 1 unspecified atom stereocenters. The molecular formula is C10H13ClN4S. The van der Waals surface area contributed by atoms with Crippen molar-refractivity contribution in [3.63, 3.8) is 0 Å². The Kier molecular flexibility index (Phi) is 3.58. The van der Waals surface area contributed by atoms with Gasteiger partial charge in [0.05, 0.1) is 28.8 Å². The van der Waals surface area contributed by atoms with Gasteiger partial charge in [0.25, 0.3) is 0 Å². The van der Waals surface area contributed by atoms with Crippen LogP contribution in [0.2, 0.25) is 4.34 Å². The number of hydrogen-bond acceptors (Lipinski definition) is 4. The van der Waals surface area contributed by atoms with Crippen LogP contribution in [-0.4, -0.2) is 15.0 Å². The predicted octanol–water partition coefficient (Wildman–Crippen LogP) is 2.45. The Labute approximate surface area is 103 Å². The van der Waals surface area contributed by atoms with E-state index in [0.717, 1.165) is 21.3 Å². The summed E-state index contributed by atoms with van der Waals surface area (Å²) in [6, 6.07) is 3.85. The van der Waals surface area contributed by atoms with Crippen LogP contribution in [-0.2, 0) is 6.54 Å². The maximum absolute atomic E-state index is 5.87. The highest BCUT2D eigenvalue weighted by Crippen LogP contribution is 2.22. The lowest BCUT2D eigenvalue weighted by atomic mass is 10.2. The van der Waals surface area contributed by atoms with Crippen molar-refractivity contribution < 1.29 is 0 Å². The van der Waals surface area contributed by atoms with Crippen molar-refractivity contribution >= 4 is 22.9 Å². The molecule has 86 valence electrons. The molecule has 6 heteroatoms. The summed E-state index contributed by atoms with van der Waals surface area (Å²) in [4.78, 5) is 1.16. The molecule has 2 rings (SSSR count). The molecule has 0 fully saturated rings. The van der Waals surface area contributed by atoms with Crippen LogP contribution in [0, 0.1) is 0 Å². The highest BCUT2D eigenvalue weighted by molar-refractivity contribution is 7.16. The fourth-order valence-corrected chi connectivity index (χ4v) is 2.45. The Morgan fingerprint density at radius 3 is 3.00 bits per heavy atom. The summed E-state index contributed by atoms with van der Waals surface area (Å²) < 4.78 is 2.58. The van der Waals surface area contributed by atoms with E-state index in [-0.39, 0.29) is 6.04 Å². The third-order valence-corrected chi connectivity index (χ3v) is 3.54. The molecule has 0 amide bonds. The standard InChI is InChI=1S/C10H13ClN4S/c1-2-8(12)9-6-15(14-13-9)5-7-3-4-10(11)16-7/h3-4,6,8H,2,5,12H2,1H3. The Bertz CT molecular complexity index is 465. The highest BCUT2D eigenvalue weighted by Gasteiger charge is 2.08. The average molecular weight is 257 g/mol. The molecule has 0 aromatic carbocycles. The zero-order valence-electron chi connectivity index (χ0n) is 8.93. The van der Waals surface area contributed by atoms with Crippen LogP contribution < -0.4 is 5.73 Å². The third-order valence-electron chi connectivity index (χ3n) is 2.32. The quantitative estimate of drug-likeness (QED) is 0.914. The van der Waals surface area contributed by atoms with E-state index in [1.54, 1.807) is 16.0 Å². The minimum Gasteiger partial charge on any atom is -0.323 e. The van der Waals surface area contributed by atoms with E-state index in [1.807, 2.05) is 25.3 Å². The number of nitrogens with zero attached hydrogens (tertiary/aromatic N) is 3. The summed E-state index contributed by atoms with van der Waals surface area (Å²) >= 11 is 7.41. The van der Waals surface area contributed by atoms with Crippen molar-refractivity contribution in [3.05, 3.63) is 33.2 Å². The van der Waals surface area contributed by atoms with Gasteiger partial charge >= 0.3 is 0 Å². The first-order chi connectivity index (χ1) is 7.69. The smallest absolute Gasteiger partial charge is 0.0994 e. The molecule has 0 spiro atoms. The Balaban J connectivity index is 2.08. The molecule has 2 aromatic heterocycles. The zero-order chi connectivity index (χ0) is 11.5. The Hall–Kier alpha value is -0.910. The minimum atomic E-state index is -0.0272. The fraction of sp³-hybridized carbons (Fsp3) is 0.400. The molecule has 2 heterocycles. The maximum atomic E-state index is 5.87. The van der Waals surface area contributed by atoms with Crippen molar-refractivity contribution in [2.75, 3.05) is 0 Å². The molecule has 16 heavy (non-hydrogen) atoms. The first-order valence-corrected chi connectivity index (χ1v) is 6.28. The summed E-state index contributed by atoms with van der Waals surface area (Å²) in [6.07, 6.45) is 2.76. The molecule has 2 N–H and O–H groups in total. The van der Waals surface area contributed by atoms with Gasteiger partial charge in [0.1, 0.15) is 0 Å².